The Bertz CT molecular complexity index is 749. The second-order valence-corrected chi connectivity index (χ2v) is 5.94. The van der Waals surface area contributed by atoms with Crippen LogP contribution in [0.5, 0.6) is 0 Å². The molecule has 2 aromatic rings. The van der Waals surface area contributed by atoms with Crippen LogP contribution >= 0.6 is 15.9 Å². The SMILES string of the molecule is N#Cc1ccc(CCC(=O)OCC(=O)Nc2ccc(Br)cc2)cc1. The van der Waals surface area contributed by atoms with Crippen LogP contribution in [-0.2, 0) is 20.7 Å². The van der Waals surface area contributed by atoms with Crippen LogP contribution in [-0.4, -0.2) is 18.5 Å². The minimum Gasteiger partial charge on any atom is -0.456 e. The molecule has 0 spiro atoms. The summed E-state index contributed by atoms with van der Waals surface area (Å²) in [4.78, 5) is 23.4. The maximum atomic E-state index is 11.7. The Balaban J connectivity index is 1.71. The van der Waals surface area contributed by atoms with E-state index in [4.69, 9.17) is 10.00 Å². The van der Waals surface area contributed by atoms with Gasteiger partial charge in [-0.05, 0) is 48.4 Å². The first kappa shape index (κ1) is 17.7. The first-order chi connectivity index (χ1) is 11.6. The smallest absolute Gasteiger partial charge is 0.306 e. The van der Waals surface area contributed by atoms with Gasteiger partial charge >= 0.3 is 5.97 Å². The molecular weight excluding hydrogens is 372 g/mol. The van der Waals surface area contributed by atoms with Crippen molar-refractivity contribution in [1.29, 1.82) is 5.26 Å². The van der Waals surface area contributed by atoms with E-state index in [0.29, 0.717) is 17.7 Å². The van der Waals surface area contributed by atoms with Crippen molar-refractivity contribution in [3.8, 4) is 6.07 Å². The van der Waals surface area contributed by atoms with Crippen molar-refractivity contribution in [2.45, 2.75) is 12.8 Å². The van der Waals surface area contributed by atoms with Gasteiger partial charge in [0.05, 0.1) is 11.6 Å². The largest absolute Gasteiger partial charge is 0.456 e. The standard InChI is InChI=1S/C18H15BrN2O3/c19-15-6-8-16(9-7-15)21-17(22)12-24-18(23)10-5-13-1-3-14(11-20)4-2-13/h1-4,6-9H,5,10,12H2,(H,21,22). The highest BCUT2D eigenvalue weighted by atomic mass is 79.9. The molecule has 1 amide bonds. The number of nitriles is 1. The number of aryl methyl sites for hydroxylation is 1. The lowest BCUT2D eigenvalue weighted by atomic mass is 10.1. The number of nitrogens with one attached hydrogen (secondary N) is 1. The number of halogens is 1. The van der Waals surface area contributed by atoms with Crippen molar-refractivity contribution >= 4 is 33.5 Å². The van der Waals surface area contributed by atoms with E-state index in [2.05, 4.69) is 21.2 Å². The third-order valence-corrected chi connectivity index (χ3v) is 3.72. The van der Waals surface area contributed by atoms with E-state index in [1.807, 2.05) is 6.07 Å². The number of anilines is 1. The van der Waals surface area contributed by atoms with Crippen molar-refractivity contribution in [2.75, 3.05) is 11.9 Å². The molecule has 0 aliphatic heterocycles. The summed E-state index contributed by atoms with van der Waals surface area (Å²) in [6.45, 7) is -0.317. The minimum absolute atomic E-state index is 0.178. The monoisotopic (exact) mass is 386 g/mol. The molecule has 0 radical (unpaired) electrons. The molecule has 0 fully saturated rings. The molecule has 2 aromatic carbocycles. The van der Waals surface area contributed by atoms with Gasteiger partial charge in [-0.15, -0.1) is 0 Å². The molecule has 24 heavy (non-hydrogen) atoms. The number of amides is 1. The van der Waals surface area contributed by atoms with Crippen LogP contribution in [0.15, 0.2) is 53.0 Å². The summed E-state index contributed by atoms with van der Waals surface area (Å²) in [5, 5.41) is 11.4. The summed E-state index contributed by atoms with van der Waals surface area (Å²) in [7, 11) is 0. The van der Waals surface area contributed by atoms with Gasteiger partial charge < -0.3 is 10.1 Å². The molecule has 0 atom stereocenters. The summed E-state index contributed by atoms with van der Waals surface area (Å²) < 4.78 is 5.87. The van der Waals surface area contributed by atoms with Gasteiger partial charge in [-0.2, -0.15) is 5.26 Å². The number of benzene rings is 2. The van der Waals surface area contributed by atoms with Gasteiger partial charge in [0.25, 0.3) is 5.91 Å². The molecule has 1 N–H and O–H groups in total. The van der Waals surface area contributed by atoms with E-state index in [1.165, 1.54) is 0 Å². The summed E-state index contributed by atoms with van der Waals surface area (Å²) in [6.07, 6.45) is 0.677. The quantitative estimate of drug-likeness (QED) is 0.771. The summed E-state index contributed by atoms with van der Waals surface area (Å²) in [5.74, 6) is -0.825. The number of carbonyl (C=O) groups excluding carboxylic acids is 2. The van der Waals surface area contributed by atoms with E-state index >= 15 is 0 Å². The molecule has 5 nitrogen and oxygen atoms in total. The van der Waals surface area contributed by atoms with Crippen LogP contribution in [0.4, 0.5) is 5.69 Å². The van der Waals surface area contributed by atoms with Crippen molar-refractivity contribution in [3.63, 3.8) is 0 Å². The lowest BCUT2D eigenvalue weighted by molar-refractivity contribution is -0.147. The Labute approximate surface area is 148 Å². The maximum Gasteiger partial charge on any atom is 0.306 e. The highest BCUT2D eigenvalue weighted by molar-refractivity contribution is 9.10. The van der Waals surface area contributed by atoms with Crippen LogP contribution < -0.4 is 5.32 Å². The zero-order valence-corrected chi connectivity index (χ0v) is 14.4. The molecular formula is C18H15BrN2O3. The molecule has 0 aromatic heterocycles. The van der Waals surface area contributed by atoms with Gasteiger partial charge in [0.2, 0.25) is 0 Å². The number of carbonyl (C=O) groups is 2. The molecule has 0 saturated carbocycles. The van der Waals surface area contributed by atoms with Gasteiger partial charge in [-0.25, -0.2) is 0 Å². The van der Waals surface area contributed by atoms with Crippen LogP contribution in [0.2, 0.25) is 0 Å². The molecule has 0 bridgehead atoms. The second-order valence-electron chi connectivity index (χ2n) is 5.02. The fraction of sp³-hybridized carbons (Fsp3) is 0.167. The highest BCUT2D eigenvalue weighted by Crippen LogP contribution is 2.14. The number of esters is 1. The average molecular weight is 387 g/mol. The summed E-state index contributed by atoms with van der Waals surface area (Å²) in [5.41, 5.74) is 2.15. The Hall–Kier alpha value is -2.65. The highest BCUT2D eigenvalue weighted by Gasteiger charge is 2.08. The van der Waals surface area contributed by atoms with Gasteiger partial charge in [0, 0.05) is 16.6 Å². The van der Waals surface area contributed by atoms with Crippen LogP contribution in [0.1, 0.15) is 17.5 Å². The molecule has 0 saturated heterocycles. The van der Waals surface area contributed by atoms with E-state index in [-0.39, 0.29) is 18.9 Å². The molecule has 0 heterocycles. The predicted molar refractivity (Wildman–Crippen MR) is 93.2 cm³/mol. The molecule has 6 heteroatoms. The topological polar surface area (TPSA) is 79.2 Å². The molecule has 0 unspecified atom stereocenters. The van der Waals surface area contributed by atoms with Crippen molar-refractivity contribution in [1.82, 2.24) is 0 Å². The molecule has 0 aliphatic rings. The third kappa shape index (κ3) is 5.86. The normalized spacial score (nSPS) is 9.83. The van der Waals surface area contributed by atoms with Gasteiger partial charge in [0.15, 0.2) is 6.61 Å². The van der Waals surface area contributed by atoms with Gasteiger partial charge in [0.1, 0.15) is 0 Å². The zero-order valence-electron chi connectivity index (χ0n) is 12.8. The average Bonchev–Trinajstić information content (AvgIpc) is 2.60. The summed E-state index contributed by atoms with van der Waals surface area (Å²) in [6, 6.07) is 16.1. The molecule has 122 valence electrons. The first-order valence-electron chi connectivity index (χ1n) is 7.27. The second kappa shape index (κ2) is 8.85. The summed E-state index contributed by atoms with van der Waals surface area (Å²) >= 11 is 3.31. The predicted octanol–water partition coefficient (Wildman–Crippen LogP) is 3.44. The van der Waals surface area contributed by atoms with E-state index in [9.17, 15) is 9.59 Å². The van der Waals surface area contributed by atoms with Crippen LogP contribution in [0, 0.1) is 11.3 Å². The number of ether oxygens (including phenoxy) is 1. The van der Waals surface area contributed by atoms with Crippen LogP contribution in [0.3, 0.4) is 0 Å². The van der Waals surface area contributed by atoms with E-state index in [1.54, 1.807) is 48.5 Å². The Kier molecular flexibility index (Phi) is 6.52. The fourth-order valence-corrected chi connectivity index (χ4v) is 2.21. The van der Waals surface area contributed by atoms with E-state index in [0.717, 1.165) is 10.0 Å². The first-order valence-corrected chi connectivity index (χ1v) is 8.06. The molecule has 0 aliphatic carbocycles. The van der Waals surface area contributed by atoms with Gasteiger partial charge in [-0.1, -0.05) is 28.1 Å². The Morgan fingerprint density at radius 2 is 1.75 bits per heavy atom. The fourth-order valence-electron chi connectivity index (χ4n) is 1.94. The maximum absolute atomic E-state index is 11.7. The number of rotatable bonds is 6. The number of nitrogens with zero attached hydrogens (tertiary/aromatic N) is 1. The number of hydrogen-bond acceptors (Lipinski definition) is 4. The lowest BCUT2D eigenvalue weighted by Crippen LogP contribution is -2.21. The number of hydrogen-bond donors (Lipinski definition) is 1. The third-order valence-electron chi connectivity index (χ3n) is 3.19. The van der Waals surface area contributed by atoms with Crippen molar-refractivity contribution < 1.29 is 14.3 Å². The molecule has 2 rings (SSSR count). The van der Waals surface area contributed by atoms with Crippen molar-refractivity contribution in [3.05, 3.63) is 64.1 Å². The lowest BCUT2D eigenvalue weighted by Gasteiger charge is -2.07. The van der Waals surface area contributed by atoms with E-state index < -0.39 is 5.97 Å². The van der Waals surface area contributed by atoms with Crippen LogP contribution in [0.25, 0.3) is 0 Å². The van der Waals surface area contributed by atoms with Gasteiger partial charge in [-0.3, -0.25) is 9.59 Å². The Morgan fingerprint density at radius 1 is 1.08 bits per heavy atom. The van der Waals surface area contributed by atoms with Crippen molar-refractivity contribution in [2.24, 2.45) is 0 Å². The zero-order chi connectivity index (χ0) is 17.4. The minimum atomic E-state index is -0.440. The Morgan fingerprint density at radius 3 is 2.38 bits per heavy atom.